The second-order valence-corrected chi connectivity index (χ2v) is 8.33. The van der Waals surface area contributed by atoms with Gasteiger partial charge in [-0.15, -0.1) is 0 Å². The highest BCUT2D eigenvalue weighted by Crippen LogP contribution is 2.20. The predicted molar refractivity (Wildman–Crippen MR) is 126 cm³/mol. The molecule has 1 aliphatic rings. The number of aromatic nitrogens is 3. The van der Waals surface area contributed by atoms with Crippen LogP contribution >= 0.6 is 11.6 Å². The third-order valence-electron chi connectivity index (χ3n) is 5.90. The molecule has 0 unspecified atom stereocenters. The Balaban J connectivity index is 1.50. The maximum Gasteiger partial charge on any atom is 0.264 e. The molecule has 1 aliphatic heterocycles. The van der Waals surface area contributed by atoms with Crippen molar-refractivity contribution < 1.29 is 4.74 Å². The van der Waals surface area contributed by atoms with Gasteiger partial charge >= 0.3 is 0 Å². The van der Waals surface area contributed by atoms with Gasteiger partial charge in [0, 0.05) is 38.6 Å². The lowest BCUT2D eigenvalue weighted by Gasteiger charge is -2.26. The number of hydrogen-bond acceptors (Lipinski definition) is 5. The Bertz CT molecular complexity index is 1410. The highest BCUT2D eigenvalue weighted by molar-refractivity contribution is 6.32. The molecule has 0 saturated carbocycles. The van der Waals surface area contributed by atoms with E-state index in [1.165, 1.54) is 4.57 Å². The van der Waals surface area contributed by atoms with Crippen molar-refractivity contribution in [1.82, 2.24) is 19.0 Å². The average Bonchev–Trinajstić information content (AvgIpc) is 2.82. The van der Waals surface area contributed by atoms with Gasteiger partial charge in [-0.3, -0.25) is 19.1 Å². The van der Waals surface area contributed by atoms with Gasteiger partial charge in [-0.2, -0.15) is 0 Å². The molecule has 0 spiro atoms. The molecule has 1 aromatic carbocycles. The number of ether oxygens (including phenoxy) is 1. The minimum absolute atomic E-state index is 0.133. The molecule has 32 heavy (non-hydrogen) atoms. The molecule has 0 amide bonds. The van der Waals surface area contributed by atoms with E-state index in [4.69, 9.17) is 16.3 Å². The van der Waals surface area contributed by atoms with Crippen molar-refractivity contribution in [2.24, 2.45) is 0 Å². The van der Waals surface area contributed by atoms with Crippen LogP contribution in [0.15, 0.2) is 64.4 Å². The third-order valence-corrected chi connectivity index (χ3v) is 6.22. The van der Waals surface area contributed by atoms with Crippen molar-refractivity contribution in [2.45, 2.75) is 13.0 Å². The lowest BCUT2D eigenvalue weighted by atomic mass is 10.2. The van der Waals surface area contributed by atoms with Gasteiger partial charge in [0.15, 0.2) is 0 Å². The van der Waals surface area contributed by atoms with Crippen molar-refractivity contribution in [3.8, 4) is 5.69 Å². The number of morpholine rings is 1. The van der Waals surface area contributed by atoms with E-state index in [2.05, 4.69) is 9.88 Å². The average molecular weight is 451 g/mol. The van der Waals surface area contributed by atoms with Crippen LogP contribution in [-0.4, -0.2) is 51.9 Å². The van der Waals surface area contributed by atoms with Crippen LogP contribution in [0.25, 0.3) is 27.5 Å². The van der Waals surface area contributed by atoms with Crippen LogP contribution in [0.5, 0.6) is 0 Å². The molecule has 4 heterocycles. The number of para-hydroxylation sites is 1. The molecule has 5 rings (SSSR count). The van der Waals surface area contributed by atoms with Gasteiger partial charge in [-0.1, -0.05) is 23.7 Å². The topological polar surface area (TPSA) is 69.4 Å². The molecule has 3 aromatic heterocycles. The Morgan fingerprint density at radius 2 is 1.62 bits per heavy atom. The van der Waals surface area contributed by atoms with E-state index in [0.29, 0.717) is 39.1 Å². The summed E-state index contributed by atoms with van der Waals surface area (Å²) in [6.45, 7) is 4.93. The summed E-state index contributed by atoms with van der Waals surface area (Å²) in [7, 11) is 0. The van der Waals surface area contributed by atoms with E-state index in [0.717, 1.165) is 39.3 Å². The molecule has 164 valence electrons. The Labute approximate surface area is 189 Å². The molecule has 0 atom stereocenters. The first-order chi connectivity index (χ1) is 15.6. The summed E-state index contributed by atoms with van der Waals surface area (Å²) in [5, 5.41) is 1.31. The van der Waals surface area contributed by atoms with Crippen molar-refractivity contribution in [1.29, 1.82) is 0 Å². The smallest absolute Gasteiger partial charge is 0.264 e. The zero-order valence-electron chi connectivity index (χ0n) is 17.5. The Kier molecular flexibility index (Phi) is 5.78. The highest BCUT2D eigenvalue weighted by atomic mass is 35.5. The van der Waals surface area contributed by atoms with Crippen LogP contribution in [0, 0.1) is 0 Å². The largest absolute Gasteiger partial charge is 0.379 e. The molecule has 7 nitrogen and oxygen atoms in total. The zero-order chi connectivity index (χ0) is 22.1. The van der Waals surface area contributed by atoms with E-state index in [9.17, 15) is 9.59 Å². The van der Waals surface area contributed by atoms with Gasteiger partial charge in [0.05, 0.1) is 45.7 Å². The van der Waals surface area contributed by atoms with Crippen molar-refractivity contribution in [3.05, 3.63) is 80.6 Å². The Morgan fingerprint density at radius 3 is 2.41 bits per heavy atom. The van der Waals surface area contributed by atoms with Crippen LogP contribution in [0.3, 0.4) is 0 Å². The molecule has 0 aliphatic carbocycles. The fourth-order valence-corrected chi connectivity index (χ4v) is 4.39. The Hall–Kier alpha value is -3.00. The summed E-state index contributed by atoms with van der Waals surface area (Å²) in [6.07, 6.45) is 4.32. The number of rotatable bonds is 5. The van der Waals surface area contributed by atoms with Gasteiger partial charge in [-0.25, -0.2) is 4.98 Å². The summed E-state index contributed by atoms with van der Waals surface area (Å²) < 4.78 is 8.57. The summed E-state index contributed by atoms with van der Waals surface area (Å²) in [6, 6.07) is 12.4. The lowest BCUT2D eigenvalue weighted by Crippen LogP contribution is -2.37. The normalized spacial score (nSPS) is 14.9. The minimum atomic E-state index is -0.257. The molecule has 1 saturated heterocycles. The van der Waals surface area contributed by atoms with E-state index in [1.54, 1.807) is 41.2 Å². The predicted octanol–water partition coefficient (Wildman–Crippen LogP) is 3.08. The number of fused-ring (bicyclic) bond motifs is 2. The minimum Gasteiger partial charge on any atom is -0.379 e. The summed E-state index contributed by atoms with van der Waals surface area (Å²) >= 11 is 6.29. The number of aryl methyl sites for hydroxylation is 1. The monoisotopic (exact) mass is 450 g/mol. The Morgan fingerprint density at radius 1 is 0.906 bits per heavy atom. The molecule has 0 radical (unpaired) electrons. The SMILES string of the molecule is O=c1c2cc3c(=O)n(-c4ccccc4Cl)ccc3nc2ccn1CCCN1CCOCC1. The standard InChI is InChI=1S/C24H23ClN4O3/c25-19-4-1-2-5-22(19)29-11-7-21-18(24(29)31)16-17-20(26-21)6-10-28(23(17)30)9-3-8-27-12-14-32-15-13-27/h1-2,4-7,10-11,16H,3,8-9,12-15H2. The van der Waals surface area contributed by atoms with Gasteiger partial charge in [-0.05, 0) is 36.8 Å². The van der Waals surface area contributed by atoms with E-state index in [-0.39, 0.29) is 11.1 Å². The number of halogens is 1. The fraction of sp³-hybridized carbons (Fsp3) is 0.292. The van der Waals surface area contributed by atoms with E-state index < -0.39 is 0 Å². The van der Waals surface area contributed by atoms with Gasteiger partial charge in [0.25, 0.3) is 11.1 Å². The van der Waals surface area contributed by atoms with Crippen LogP contribution < -0.4 is 11.1 Å². The molecular formula is C24H23ClN4O3. The zero-order valence-corrected chi connectivity index (χ0v) is 18.3. The highest BCUT2D eigenvalue weighted by Gasteiger charge is 2.13. The summed E-state index contributed by atoms with van der Waals surface area (Å²) in [5.74, 6) is 0. The first-order valence-electron chi connectivity index (χ1n) is 10.7. The van der Waals surface area contributed by atoms with E-state index in [1.807, 2.05) is 18.2 Å². The number of hydrogen-bond donors (Lipinski definition) is 0. The third kappa shape index (κ3) is 3.95. The summed E-state index contributed by atoms with van der Waals surface area (Å²) in [4.78, 5) is 33.3. The number of benzene rings is 1. The molecule has 1 fully saturated rings. The quantitative estimate of drug-likeness (QED) is 0.437. The first-order valence-corrected chi connectivity index (χ1v) is 11.1. The molecule has 0 bridgehead atoms. The maximum absolute atomic E-state index is 13.2. The van der Waals surface area contributed by atoms with Gasteiger partial charge < -0.3 is 9.30 Å². The lowest BCUT2D eigenvalue weighted by molar-refractivity contribution is 0.0369. The molecular weight excluding hydrogens is 428 g/mol. The van der Waals surface area contributed by atoms with Gasteiger partial charge in [0.1, 0.15) is 0 Å². The molecule has 0 N–H and O–H groups in total. The fourth-order valence-electron chi connectivity index (χ4n) is 4.17. The summed E-state index contributed by atoms with van der Waals surface area (Å²) in [5.41, 5.74) is 1.34. The van der Waals surface area contributed by atoms with Gasteiger partial charge in [0.2, 0.25) is 0 Å². The second-order valence-electron chi connectivity index (χ2n) is 7.92. The number of nitrogens with zero attached hydrogens (tertiary/aromatic N) is 4. The van der Waals surface area contributed by atoms with Crippen LogP contribution in [0.2, 0.25) is 5.02 Å². The second kappa shape index (κ2) is 8.86. The van der Waals surface area contributed by atoms with Crippen molar-refractivity contribution >= 4 is 33.4 Å². The first kappa shape index (κ1) is 20.9. The molecule has 8 heteroatoms. The van der Waals surface area contributed by atoms with Crippen molar-refractivity contribution in [3.63, 3.8) is 0 Å². The van der Waals surface area contributed by atoms with Crippen LogP contribution in [-0.2, 0) is 11.3 Å². The number of pyridine rings is 3. The van der Waals surface area contributed by atoms with Crippen LogP contribution in [0.4, 0.5) is 0 Å². The van der Waals surface area contributed by atoms with Crippen molar-refractivity contribution in [2.75, 3.05) is 32.8 Å². The van der Waals surface area contributed by atoms with E-state index >= 15 is 0 Å². The maximum atomic E-state index is 13.2. The molecule has 4 aromatic rings. The van der Waals surface area contributed by atoms with Crippen LogP contribution in [0.1, 0.15) is 6.42 Å².